The molecule has 1 aliphatic heterocycles. The molecule has 0 spiro atoms. The third-order valence-electron chi connectivity index (χ3n) is 4.05. The van der Waals surface area contributed by atoms with E-state index < -0.39 is 0 Å². The van der Waals surface area contributed by atoms with Crippen molar-refractivity contribution in [1.29, 1.82) is 0 Å². The molecule has 2 atom stereocenters. The first kappa shape index (κ1) is 15.5. The number of hydrogen-bond donors (Lipinski definition) is 1. The minimum Gasteiger partial charge on any atom is -0.325 e. The molecule has 1 N–H and O–H groups in total. The van der Waals surface area contributed by atoms with E-state index >= 15 is 0 Å². The second-order valence-electron chi connectivity index (χ2n) is 6.68. The van der Waals surface area contributed by atoms with Crippen LogP contribution in [0.3, 0.4) is 0 Å². The normalized spacial score (nSPS) is 25.3. The molecule has 1 rings (SSSR count). The van der Waals surface area contributed by atoms with Crippen LogP contribution in [0.2, 0.25) is 0 Å². The predicted octanol–water partition coefficient (Wildman–Crippen LogP) is 3.01. The van der Waals surface area contributed by atoms with E-state index in [1.165, 1.54) is 0 Å². The van der Waals surface area contributed by atoms with E-state index in [9.17, 15) is 4.79 Å². The molecule has 0 bridgehead atoms. The Labute approximate surface area is 112 Å². The van der Waals surface area contributed by atoms with Crippen molar-refractivity contribution in [2.75, 3.05) is 6.54 Å². The van der Waals surface area contributed by atoms with Gasteiger partial charge in [-0.05, 0) is 24.2 Å². The molecule has 1 aliphatic rings. The summed E-state index contributed by atoms with van der Waals surface area (Å²) in [5.41, 5.74) is 0.200. The number of hydrogen-bond acceptors (Lipinski definition) is 2. The van der Waals surface area contributed by atoms with Crippen molar-refractivity contribution in [1.82, 2.24) is 10.2 Å². The largest absolute Gasteiger partial charge is 0.325 e. The maximum absolute atomic E-state index is 12.5. The van der Waals surface area contributed by atoms with Crippen LogP contribution in [0.25, 0.3) is 0 Å². The molecule has 0 aliphatic carbocycles. The molecule has 3 nitrogen and oxygen atoms in total. The van der Waals surface area contributed by atoms with Gasteiger partial charge in [0.15, 0.2) is 0 Å². The van der Waals surface area contributed by atoms with Crippen molar-refractivity contribution in [3.05, 3.63) is 0 Å². The highest BCUT2D eigenvalue weighted by Crippen LogP contribution is 2.27. The van der Waals surface area contributed by atoms with E-state index in [1.807, 2.05) is 0 Å². The zero-order valence-electron chi connectivity index (χ0n) is 12.9. The van der Waals surface area contributed by atoms with E-state index in [0.717, 1.165) is 25.8 Å². The van der Waals surface area contributed by atoms with Gasteiger partial charge in [-0.15, -0.1) is 0 Å². The summed E-state index contributed by atoms with van der Waals surface area (Å²) in [6, 6.07) is 0.0371. The topological polar surface area (TPSA) is 32.3 Å². The van der Waals surface area contributed by atoms with Crippen LogP contribution < -0.4 is 5.32 Å². The highest BCUT2D eigenvalue weighted by Gasteiger charge is 2.41. The molecule has 18 heavy (non-hydrogen) atoms. The molecule has 1 heterocycles. The molecule has 0 aromatic carbocycles. The summed E-state index contributed by atoms with van der Waals surface area (Å²) in [7, 11) is 0. The van der Waals surface area contributed by atoms with Gasteiger partial charge in [0.25, 0.3) is 0 Å². The van der Waals surface area contributed by atoms with E-state index in [0.29, 0.717) is 11.8 Å². The Kier molecular flexibility index (Phi) is 5.20. The van der Waals surface area contributed by atoms with Crippen LogP contribution in [0.5, 0.6) is 0 Å². The third-order valence-corrected chi connectivity index (χ3v) is 4.05. The van der Waals surface area contributed by atoms with Crippen LogP contribution >= 0.6 is 0 Å². The Morgan fingerprint density at radius 2 is 1.94 bits per heavy atom. The van der Waals surface area contributed by atoms with Gasteiger partial charge in [-0.2, -0.15) is 0 Å². The lowest BCUT2D eigenvalue weighted by molar-refractivity contribution is -0.132. The minimum absolute atomic E-state index is 0.0371. The maximum atomic E-state index is 12.5. The van der Waals surface area contributed by atoms with Crippen molar-refractivity contribution in [3.63, 3.8) is 0 Å². The fourth-order valence-electron chi connectivity index (χ4n) is 2.50. The van der Waals surface area contributed by atoms with Crippen LogP contribution in [0, 0.1) is 11.3 Å². The number of nitrogens with one attached hydrogen (secondary N) is 1. The van der Waals surface area contributed by atoms with Gasteiger partial charge in [-0.3, -0.25) is 10.1 Å². The second kappa shape index (κ2) is 6.05. The van der Waals surface area contributed by atoms with Crippen LogP contribution in [0.4, 0.5) is 0 Å². The molecule has 1 saturated heterocycles. The first-order valence-corrected chi connectivity index (χ1v) is 7.39. The van der Waals surface area contributed by atoms with Crippen molar-refractivity contribution >= 4 is 5.91 Å². The number of carbonyl (C=O) groups is 1. The fourth-order valence-corrected chi connectivity index (χ4v) is 2.50. The molecule has 106 valence electrons. The number of carbonyl (C=O) groups excluding carboxylic acids is 1. The smallest absolute Gasteiger partial charge is 0.241 e. The summed E-state index contributed by atoms with van der Waals surface area (Å²) in [6.45, 7) is 14.0. The van der Waals surface area contributed by atoms with Crippen LogP contribution in [-0.4, -0.2) is 29.6 Å². The Morgan fingerprint density at radius 3 is 2.39 bits per heavy atom. The Hall–Kier alpha value is -0.570. The zero-order chi connectivity index (χ0) is 13.9. The molecule has 0 aromatic heterocycles. The SMILES string of the molecule is CCCC1NC(C(C)C)N(CC(C)(C)CC)C1=O. The van der Waals surface area contributed by atoms with Gasteiger partial charge in [0.1, 0.15) is 0 Å². The molecule has 0 radical (unpaired) electrons. The molecule has 1 amide bonds. The molecule has 2 unspecified atom stereocenters. The lowest BCUT2D eigenvalue weighted by atomic mass is 9.89. The Morgan fingerprint density at radius 1 is 1.33 bits per heavy atom. The standard InChI is InChI=1S/C15H30N2O/c1-7-9-12-14(18)17(10-15(5,6)8-2)13(16-12)11(3)4/h11-13,16H,7-10H2,1-6H3. The lowest BCUT2D eigenvalue weighted by Crippen LogP contribution is -2.45. The predicted molar refractivity (Wildman–Crippen MR) is 76.2 cm³/mol. The minimum atomic E-state index is 0.0371. The molecule has 1 fully saturated rings. The first-order chi connectivity index (χ1) is 8.32. The van der Waals surface area contributed by atoms with E-state index in [-0.39, 0.29) is 17.6 Å². The lowest BCUT2D eigenvalue weighted by Gasteiger charge is -2.34. The van der Waals surface area contributed by atoms with Crippen molar-refractivity contribution in [3.8, 4) is 0 Å². The molecule has 0 aromatic rings. The Balaban J connectivity index is 2.81. The molecule has 0 saturated carbocycles. The zero-order valence-corrected chi connectivity index (χ0v) is 12.9. The number of nitrogens with zero attached hydrogens (tertiary/aromatic N) is 1. The van der Waals surface area contributed by atoms with Gasteiger partial charge in [-0.25, -0.2) is 0 Å². The van der Waals surface area contributed by atoms with Crippen LogP contribution in [0.1, 0.15) is 60.8 Å². The van der Waals surface area contributed by atoms with Gasteiger partial charge in [-0.1, -0.05) is 48.0 Å². The summed E-state index contributed by atoms with van der Waals surface area (Å²) in [6.07, 6.45) is 3.31. The van der Waals surface area contributed by atoms with Crippen molar-refractivity contribution in [2.45, 2.75) is 73.0 Å². The summed E-state index contributed by atoms with van der Waals surface area (Å²) in [5.74, 6) is 0.764. The quantitative estimate of drug-likeness (QED) is 0.790. The van der Waals surface area contributed by atoms with Gasteiger partial charge in [0, 0.05) is 6.54 Å². The van der Waals surface area contributed by atoms with Gasteiger partial charge in [0.05, 0.1) is 12.2 Å². The summed E-state index contributed by atoms with van der Waals surface area (Å²) < 4.78 is 0. The third kappa shape index (κ3) is 3.47. The molecular weight excluding hydrogens is 224 g/mol. The highest BCUT2D eigenvalue weighted by atomic mass is 16.2. The van der Waals surface area contributed by atoms with Gasteiger partial charge >= 0.3 is 0 Å². The van der Waals surface area contributed by atoms with E-state index in [4.69, 9.17) is 0 Å². The Bertz CT molecular complexity index is 286. The van der Waals surface area contributed by atoms with Crippen LogP contribution in [0.15, 0.2) is 0 Å². The van der Waals surface area contributed by atoms with Crippen molar-refractivity contribution < 1.29 is 4.79 Å². The summed E-state index contributed by atoms with van der Waals surface area (Å²) >= 11 is 0. The fraction of sp³-hybridized carbons (Fsp3) is 0.933. The average molecular weight is 254 g/mol. The monoisotopic (exact) mass is 254 g/mol. The van der Waals surface area contributed by atoms with Crippen LogP contribution in [-0.2, 0) is 4.79 Å². The maximum Gasteiger partial charge on any atom is 0.241 e. The first-order valence-electron chi connectivity index (χ1n) is 7.39. The number of amides is 1. The van der Waals surface area contributed by atoms with Gasteiger partial charge < -0.3 is 4.90 Å². The van der Waals surface area contributed by atoms with E-state index in [1.54, 1.807) is 0 Å². The molecule has 3 heteroatoms. The summed E-state index contributed by atoms with van der Waals surface area (Å²) in [5, 5.41) is 3.51. The average Bonchev–Trinajstić information content (AvgIpc) is 2.58. The van der Waals surface area contributed by atoms with Gasteiger partial charge in [0.2, 0.25) is 5.91 Å². The van der Waals surface area contributed by atoms with Crippen molar-refractivity contribution in [2.24, 2.45) is 11.3 Å². The summed E-state index contributed by atoms with van der Waals surface area (Å²) in [4.78, 5) is 14.5. The number of rotatable bonds is 6. The molecular formula is C15H30N2O. The highest BCUT2D eigenvalue weighted by molar-refractivity contribution is 5.84. The van der Waals surface area contributed by atoms with E-state index in [2.05, 4.69) is 51.8 Å². The second-order valence-corrected chi connectivity index (χ2v) is 6.68.